The Balaban J connectivity index is 2.67. The van der Waals surface area contributed by atoms with Crippen LogP contribution in [0, 0.1) is 5.41 Å². The van der Waals surface area contributed by atoms with Crippen LogP contribution in [0.1, 0.15) is 41.1 Å². The molecule has 0 saturated carbocycles. The smallest absolute Gasteiger partial charge is 0.346 e. The van der Waals surface area contributed by atoms with Crippen LogP contribution in [0.4, 0.5) is 0 Å². The molecular weight excluding hydrogens is 282 g/mol. The fraction of sp³-hybridized carbons (Fsp3) is 0.538. The average Bonchev–Trinajstić information content (AvgIpc) is 2.66. The lowest BCUT2D eigenvalue weighted by Crippen LogP contribution is -2.28. The number of nitrogens with zero attached hydrogens (tertiary/aromatic N) is 1. The SMILES string of the molecule is CO/N=C1/CC(C)(C)Cc2c(C(=O)O)sc(SC)c21. The topological polar surface area (TPSA) is 58.9 Å². The van der Waals surface area contributed by atoms with E-state index in [9.17, 15) is 9.90 Å². The van der Waals surface area contributed by atoms with Crippen LogP contribution in [0.2, 0.25) is 0 Å². The zero-order valence-corrected chi connectivity index (χ0v) is 13.1. The van der Waals surface area contributed by atoms with Crippen LogP contribution in [0.25, 0.3) is 0 Å². The Morgan fingerprint density at radius 3 is 2.68 bits per heavy atom. The lowest BCUT2D eigenvalue weighted by atomic mass is 9.74. The summed E-state index contributed by atoms with van der Waals surface area (Å²) in [4.78, 5) is 16.8. The van der Waals surface area contributed by atoms with Crippen LogP contribution in [0.5, 0.6) is 0 Å². The quantitative estimate of drug-likeness (QED) is 0.685. The molecule has 0 atom stereocenters. The number of carbonyl (C=O) groups is 1. The molecule has 2 rings (SSSR count). The van der Waals surface area contributed by atoms with Crippen LogP contribution < -0.4 is 0 Å². The first-order chi connectivity index (χ1) is 8.89. The summed E-state index contributed by atoms with van der Waals surface area (Å²) in [6, 6.07) is 0. The summed E-state index contributed by atoms with van der Waals surface area (Å²) < 4.78 is 1.01. The normalized spacial score (nSPS) is 19.3. The molecular formula is C13H17NO3S2. The van der Waals surface area contributed by atoms with Crippen molar-refractivity contribution < 1.29 is 14.7 Å². The predicted molar refractivity (Wildman–Crippen MR) is 78.7 cm³/mol. The molecule has 104 valence electrons. The monoisotopic (exact) mass is 299 g/mol. The summed E-state index contributed by atoms with van der Waals surface area (Å²) in [7, 11) is 1.53. The van der Waals surface area contributed by atoms with Gasteiger partial charge in [0.25, 0.3) is 0 Å². The van der Waals surface area contributed by atoms with Crippen molar-refractivity contribution in [2.75, 3.05) is 13.4 Å². The van der Waals surface area contributed by atoms with E-state index in [4.69, 9.17) is 4.84 Å². The van der Waals surface area contributed by atoms with Crippen molar-refractivity contribution in [1.82, 2.24) is 0 Å². The van der Waals surface area contributed by atoms with Gasteiger partial charge < -0.3 is 9.94 Å². The molecule has 0 amide bonds. The van der Waals surface area contributed by atoms with E-state index in [-0.39, 0.29) is 5.41 Å². The van der Waals surface area contributed by atoms with E-state index in [1.54, 1.807) is 11.8 Å². The molecule has 0 aliphatic heterocycles. The largest absolute Gasteiger partial charge is 0.477 e. The molecule has 1 N–H and O–H groups in total. The highest BCUT2D eigenvalue weighted by atomic mass is 32.2. The first-order valence-electron chi connectivity index (χ1n) is 5.93. The molecule has 0 bridgehead atoms. The molecule has 1 aromatic rings. The fourth-order valence-corrected chi connectivity index (χ4v) is 4.43. The fourth-order valence-electron chi connectivity index (χ4n) is 2.49. The molecule has 0 fully saturated rings. The number of oxime groups is 1. The van der Waals surface area contributed by atoms with E-state index in [0.717, 1.165) is 33.9 Å². The first-order valence-corrected chi connectivity index (χ1v) is 7.97. The molecule has 0 saturated heterocycles. The zero-order valence-electron chi connectivity index (χ0n) is 11.4. The number of fused-ring (bicyclic) bond motifs is 1. The number of thiophene rings is 1. The lowest BCUT2D eigenvalue weighted by Gasteiger charge is -2.30. The van der Waals surface area contributed by atoms with Gasteiger partial charge in [0.05, 0.1) is 9.92 Å². The summed E-state index contributed by atoms with van der Waals surface area (Å²) in [5, 5.41) is 13.5. The van der Waals surface area contributed by atoms with Gasteiger partial charge in [-0.3, -0.25) is 0 Å². The predicted octanol–water partition coefficient (Wildman–Crippen LogP) is 3.49. The van der Waals surface area contributed by atoms with Crippen molar-refractivity contribution >= 4 is 34.8 Å². The maximum Gasteiger partial charge on any atom is 0.346 e. The molecule has 19 heavy (non-hydrogen) atoms. The van der Waals surface area contributed by atoms with Gasteiger partial charge in [0.1, 0.15) is 12.0 Å². The number of carboxylic acids is 1. The van der Waals surface area contributed by atoms with Gasteiger partial charge in [-0.2, -0.15) is 0 Å². The van der Waals surface area contributed by atoms with E-state index in [0.29, 0.717) is 4.88 Å². The zero-order chi connectivity index (χ0) is 14.2. The molecule has 1 aliphatic rings. The Morgan fingerprint density at radius 2 is 2.16 bits per heavy atom. The Hall–Kier alpha value is -1.01. The summed E-state index contributed by atoms with van der Waals surface area (Å²) >= 11 is 2.91. The second kappa shape index (κ2) is 5.17. The maximum absolute atomic E-state index is 11.4. The van der Waals surface area contributed by atoms with Crippen molar-refractivity contribution in [3.05, 3.63) is 16.0 Å². The third-order valence-corrected chi connectivity index (χ3v) is 5.49. The Labute approximate surface area is 120 Å². The van der Waals surface area contributed by atoms with Gasteiger partial charge >= 0.3 is 5.97 Å². The number of aromatic carboxylic acids is 1. The molecule has 1 heterocycles. The molecule has 6 heteroatoms. The molecule has 1 aliphatic carbocycles. The Bertz CT molecular complexity index is 546. The first kappa shape index (κ1) is 14.4. The van der Waals surface area contributed by atoms with E-state index < -0.39 is 5.97 Å². The van der Waals surface area contributed by atoms with Gasteiger partial charge in [0.15, 0.2) is 0 Å². The lowest BCUT2D eigenvalue weighted by molar-refractivity contribution is 0.0700. The van der Waals surface area contributed by atoms with Crippen LogP contribution in [0.3, 0.4) is 0 Å². The molecule has 4 nitrogen and oxygen atoms in total. The summed E-state index contributed by atoms with van der Waals surface area (Å²) in [5.41, 5.74) is 2.76. The molecule has 0 spiro atoms. The van der Waals surface area contributed by atoms with Crippen molar-refractivity contribution in [3.63, 3.8) is 0 Å². The van der Waals surface area contributed by atoms with Gasteiger partial charge in [-0.25, -0.2) is 4.79 Å². The summed E-state index contributed by atoms with van der Waals surface area (Å²) in [5.74, 6) is -0.851. The number of thioether (sulfide) groups is 1. The van der Waals surface area contributed by atoms with E-state index in [2.05, 4.69) is 19.0 Å². The number of hydrogen-bond donors (Lipinski definition) is 1. The number of hydrogen-bond acceptors (Lipinski definition) is 5. The van der Waals surface area contributed by atoms with Crippen molar-refractivity contribution in [2.45, 2.75) is 30.9 Å². The molecule has 0 aromatic carbocycles. The highest BCUT2D eigenvalue weighted by Crippen LogP contribution is 2.44. The molecule has 0 unspecified atom stereocenters. The van der Waals surface area contributed by atoms with Gasteiger partial charge in [0, 0.05) is 5.56 Å². The van der Waals surface area contributed by atoms with Crippen LogP contribution in [0.15, 0.2) is 9.36 Å². The standard InChI is InChI=1S/C13H17NO3S2/c1-13(2)5-7-9(8(6-13)14-17-3)12(18-4)19-10(7)11(15)16/h5-6H2,1-4H3,(H,15,16)/b14-8-. The molecule has 1 aromatic heterocycles. The van der Waals surface area contributed by atoms with Gasteiger partial charge in [-0.1, -0.05) is 19.0 Å². The van der Waals surface area contributed by atoms with Crippen molar-refractivity contribution in [1.29, 1.82) is 0 Å². The minimum Gasteiger partial charge on any atom is -0.477 e. The second-order valence-electron chi connectivity index (χ2n) is 5.32. The highest BCUT2D eigenvalue weighted by molar-refractivity contribution is 8.00. The Morgan fingerprint density at radius 1 is 1.47 bits per heavy atom. The van der Waals surface area contributed by atoms with E-state index in [1.165, 1.54) is 18.4 Å². The van der Waals surface area contributed by atoms with E-state index in [1.807, 2.05) is 6.26 Å². The number of carboxylic acid groups (broad SMARTS) is 1. The van der Waals surface area contributed by atoms with Gasteiger partial charge in [-0.05, 0) is 30.1 Å². The highest BCUT2D eigenvalue weighted by Gasteiger charge is 2.36. The molecule has 0 radical (unpaired) electrons. The minimum absolute atomic E-state index is 0.00527. The number of rotatable bonds is 3. The van der Waals surface area contributed by atoms with E-state index >= 15 is 0 Å². The minimum atomic E-state index is -0.851. The van der Waals surface area contributed by atoms with Gasteiger partial charge in [0.2, 0.25) is 0 Å². The summed E-state index contributed by atoms with van der Waals surface area (Å²) in [6.45, 7) is 4.26. The van der Waals surface area contributed by atoms with Gasteiger partial charge in [-0.15, -0.1) is 23.1 Å². The third kappa shape index (κ3) is 2.65. The maximum atomic E-state index is 11.4. The van der Waals surface area contributed by atoms with Crippen LogP contribution >= 0.6 is 23.1 Å². The average molecular weight is 299 g/mol. The van der Waals surface area contributed by atoms with Crippen LogP contribution in [-0.2, 0) is 11.3 Å². The third-order valence-electron chi connectivity index (χ3n) is 3.15. The van der Waals surface area contributed by atoms with Crippen molar-refractivity contribution in [3.8, 4) is 0 Å². The second-order valence-corrected chi connectivity index (χ2v) is 7.42. The summed E-state index contributed by atoms with van der Waals surface area (Å²) in [6.07, 6.45) is 3.53. The Kier molecular flexibility index (Phi) is 3.92. The van der Waals surface area contributed by atoms with Crippen LogP contribution in [-0.4, -0.2) is 30.2 Å². The van der Waals surface area contributed by atoms with Crippen molar-refractivity contribution in [2.24, 2.45) is 10.6 Å².